The summed E-state index contributed by atoms with van der Waals surface area (Å²) in [6, 6.07) is 67.1. The third-order valence-corrected chi connectivity index (χ3v) is 12.5. The van der Waals surface area contributed by atoms with Crippen molar-refractivity contribution in [1.82, 2.24) is 0 Å². The average Bonchev–Trinajstić information content (AvgIpc) is 3.95. The molecule has 0 aliphatic heterocycles. The smallest absolute Gasteiger partial charge is 0.159 e. The molecule has 0 unspecified atom stereocenters. The molecule has 0 radical (unpaired) electrons. The van der Waals surface area contributed by atoms with E-state index in [9.17, 15) is 0 Å². The summed E-state index contributed by atoms with van der Waals surface area (Å²) in [7, 11) is 0. The second-order valence-electron chi connectivity index (χ2n) is 14.4. The van der Waals surface area contributed by atoms with Gasteiger partial charge in [-0.2, -0.15) is 0 Å². The van der Waals surface area contributed by atoms with Crippen molar-refractivity contribution in [3.05, 3.63) is 188 Å². The Morgan fingerprint density at radius 1 is 0.393 bits per heavy atom. The van der Waals surface area contributed by atoms with E-state index in [1.807, 2.05) is 23.5 Å². The van der Waals surface area contributed by atoms with Crippen molar-refractivity contribution < 1.29 is 8.83 Å². The van der Waals surface area contributed by atoms with Gasteiger partial charge < -0.3 is 13.7 Å². The lowest BCUT2D eigenvalue weighted by Crippen LogP contribution is -2.10. The van der Waals surface area contributed by atoms with Gasteiger partial charge in [0.25, 0.3) is 0 Å². The number of furan rings is 2. The van der Waals surface area contributed by atoms with Crippen LogP contribution in [0, 0.1) is 0 Å². The lowest BCUT2D eigenvalue weighted by molar-refractivity contribution is 0.665. The predicted octanol–water partition coefficient (Wildman–Crippen LogP) is 15.8. The van der Waals surface area contributed by atoms with Crippen LogP contribution in [0.5, 0.6) is 0 Å². The monoisotopic (exact) mass is 733 g/mol. The molecule has 3 heterocycles. The number of thiophene rings is 1. The number of nitrogens with zero attached hydrogens (tertiary/aromatic N) is 1. The normalized spacial score (nSPS) is 11.9. The molecule has 0 N–H and O–H groups in total. The molecule has 9 aromatic carbocycles. The van der Waals surface area contributed by atoms with E-state index in [0.717, 1.165) is 72.1 Å². The van der Waals surface area contributed by atoms with Gasteiger partial charge in [-0.05, 0) is 76.0 Å². The Kier molecular flexibility index (Phi) is 6.80. The summed E-state index contributed by atoms with van der Waals surface area (Å²) in [6.07, 6.45) is 0. The average molecular weight is 734 g/mol. The summed E-state index contributed by atoms with van der Waals surface area (Å²) in [5.41, 5.74) is 11.0. The Morgan fingerprint density at radius 2 is 1.07 bits per heavy atom. The highest BCUT2D eigenvalue weighted by molar-refractivity contribution is 7.26. The number of hydrogen-bond donors (Lipinski definition) is 0. The molecule has 0 fully saturated rings. The Balaban J connectivity index is 1.16. The SMILES string of the molecule is c1ccc(-c2ccc(N(c3cccc4c3oc3c(-c5ccc6ccccc6c5)c5c(cc34)oc3ccccc35)c3cccc4c3sc3ccccc34)cc2)cc1. The van der Waals surface area contributed by atoms with Gasteiger partial charge in [0.2, 0.25) is 0 Å². The van der Waals surface area contributed by atoms with Gasteiger partial charge in [0.05, 0.1) is 16.1 Å². The van der Waals surface area contributed by atoms with Crippen LogP contribution in [-0.2, 0) is 0 Å². The van der Waals surface area contributed by atoms with E-state index in [0.29, 0.717) is 0 Å². The minimum Gasteiger partial charge on any atom is -0.456 e. The fraction of sp³-hybridized carbons (Fsp3) is 0. The van der Waals surface area contributed by atoms with Crippen LogP contribution in [-0.4, -0.2) is 0 Å². The van der Waals surface area contributed by atoms with Crippen LogP contribution in [0.15, 0.2) is 197 Å². The molecule has 56 heavy (non-hydrogen) atoms. The maximum Gasteiger partial charge on any atom is 0.159 e. The minimum atomic E-state index is 0.826. The van der Waals surface area contributed by atoms with E-state index in [2.05, 4.69) is 181 Å². The summed E-state index contributed by atoms with van der Waals surface area (Å²) >= 11 is 1.84. The Bertz CT molecular complexity index is 3480. The highest BCUT2D eigenvalue weighted by atomic mass is 32.1. The van der Waals surface area contributed by atoms with E-state index in [4.69, 9.17) is 8.83 Å². The first-order valence-electron chi connectivity index (χ1n) is 18.9. The van der Waals surface area contributed by atoms with Gasteiger partial charge in [-0.1, -0.05) is 140 Å². The lowest BCUT2D eigenvalue weighted by Gasteiger charge is -2.26. The van der Waals surface area contributed by atoms with Gasteiger partial charge in [-0.25, -0.2) is 0 Å². The number of hydrogen-bond acceptors (Lipinski definition) is 4. The summed E-state index contributed by atoms with van der Waals surface area (Å²) in [5.74, 6) is 0. The van der Waals surface area contributed by atoms with Gasteiger partial charge in [-0.3, -0.25) is 0 Å². The molecule has 4 heteroatoms. The standard InChI is InChI=1S/C52H31NO2S/c1-2-12-32(13-3-1)34-26-28-37(29-27-34)53(44-21-11-19-40-38-16-7-9-23-47(38)56-52(40)44)43-20-10-18-39-42-31-46-49(41-17-6-8-22-45(41)54-46)48(51(42)55-50(39)43)36-25-24-33-14-4-5-15-35(33)30-36/h1-31H. The zero-order valence-corrected chi connectivity index (χ0v) is 30.9. The first-order chi connectivity index (χ1) is 27.8. The van der Waals surface area contributed by atoms with Gasteiger partial charge >= 0.3 is 0 Å². The molecule has 12 rings (SSSR count). The van der Waals surface area contributed by atoms with Crippen LogP contribution in [0.3, 0.4) is 0 Å². The number of anilines is 3. The Labute approximate surface area is 325 Å². The highest BCUT2D eigenvalue weighted by Crippen LogP contribution is 2.50. The van der Waals surface area contributed by atoms with Gasteiger partial charge in [0, 0.05) is 48.3 Å². The van der Waals surface area contributed by atoms with E-state index in [1.165, 1.54) is 42.1 Å². The van der Waals surface area contributed by atoms with Crippen molar-refractivity contribution in [2.75, 3.05) is 4.90 Å². The quantitative estimate of drug-likeness (QED) is 0.176. The third-order valence-electron chi connectivity index (χ3n) is 11.2. The molecule has 0 aliphatic rings. The van der Waals surface area contributed by atoms with Crippen molar-refractivity contribution in [3.8, 4) is 22.3 Å². The second-order valence-corrected chi connectivity index (χ2v) is 15.5. The number of para-hydroxylation sites is 2. The lowest BCUT2D eigenvalue weighted by atomic mass is 9.95. The van der Waals surface area contributed by atoms with Crippen LogP contribution in [0.1, 0.15) is 0 Å². The number of benzene rings is 9. The molecule has 0 aliphatic carbocycles. The topological polar surface area (TPSA) is 29.5 Å². The molecule has 0 saturated heterocycles. The summed E-state index contributed by atoms with van der Waals surface area (Å²) in [6.45, 7) is 0. The minimum absolute atomic E-state index is 0.826. The molecule has 3 aromatic heterocycles. The van der Waals surface area contributed by atoms with Crippen LogP contribution in [0.4, 0.5) is 17.1 Å². The fourth-order valence-corrected chi connectivity index (χ4v) is 9.87. The Morgan fingerprint density at radius 3 is 1.95 bits per heavy atom. The van der Waals surface area contributed by atoms with Crippen molar-refractivity contribution in [2.24, 2.45) is 0 Å². The van der Waals surface area contributed by atoms with E-state index in [1.54, 1.807) is 0 Å². The molecule has 3 nitrogen and oxygen atoms in total. The van der Waals surface area contributed by atoms with Crippen LogP contribution in [0.25, 0.3) is 97.1 Å². The first kappa shape index (κ1) is 31.2. The molecule has 262 valence electrons. The van der Waals surface area contributed by atoms with Gasteiger partial charge in [0.15, 0.2) is 5.58 Å². The van der Waals surface area contributed by atoms with Crippen molar-refractivity contribution in [1.29, 1.82) is 0 Å². The van der Waals surface area contributed by atoms with Gasteiger partial charge in [-0.15, -0.1) is 11.3 Å². The second kappa shape index (κ2) is 12.2. The van der Waals surface area contributed by atoms with Crippen LogP contribution in [0.2, 0.25) is 0 Å². The maximum absolute atomic E-state index is 7.32. The summed E-state index contributed by atoms with van der Waals surface area (Å²) in [5, 5.41) is 9.10. The van der Waals surface area contributed by atoms with E-state index in [-0.39, 0.29) is 0 Å². The largest absolute Gasteiger partial charge is 0.456 e. The summed E-state index contributed by atoms with van der Waals surface area (Å²) in [4.78, 5) is 2.38. The molecular formula is C52H31NO2S. The molecule has 12 aromatic rings. The van der Waals surface area contributed by atoms with Crippen molar-refractivity contribution >= 4 is 103 Å². The van der Waals surface area contributed by atoms with Crippen LogP contribution >= 0.6 is 11.3 Å². The zero-order valence-electron chi connectivity index (χ0n) is 30.1. The third kappa shape index (κ3) is 4.70. The van der Waals surface area contributed by atoms with E-state index < -0.39 is 0 Å². The Hall–Kier alpha value is -7.14. The van der Waals surface area contributed by atoms with Gasteiger partial charge in [0.1, 0.15) is 16.7 Å². The fourth-order valence-electron chi connectivity index (χ4n) is 8.67. The maximum atomic E-state index is 7.32. The molecule has 0 saturated carbocycles. The molecule has 0 bridgehead atoms. The van der Waals surface area contributed by atoms with E-state index >= 15 is 0 Å². The molecule has 0 spiro atoms. The molecule has 0 atom stereocenters. The number of rotatable bonds is 5. The van der Waals surface area contributed by atoms with Crippen molar-refractivity contribution in [2.45, 2.75) is 0 Å². The predicted molar refractivity (Wildman–Crippen MR) is 237 cm³/mol. The zero-order chi connectivity index (χ0) is 36.7. The molecule has 0 amide bonds. The summed E-state index contributed by atoms with van der Waals surface area (Å²) < 4.78 is 16.4. The molecular weight excluding hydrogens is 703 g/mol. The first-order valence-corrected chi connectivity index (χ1v) is 19.7. The number of fused-ring (bicyclic) bond motifs is 10. The highest BCUT2D eigenvalue weighted by Gasteiger charge is 2.26. The van der Waals surface area contributed by atoms with Crippen LogP contribution < -0.4 is 4.90 Å². The van der Waals surface area contributed by atoms with Crippen molar-refractivity contribution in [3.63, 3.8) is 0 Å².